The van der Waals surface area contributed by atoms with Gasteiger partial charge in [0.25, 0.3) is 0 Å². The molecule has 4 rings (SSSR count). The van der Waals surface area contributed by atoms with Crippen molar-refractivity contribution in [3.63, 3.8) is 0 Å². The molecule has 3 N–H and O–H groups in total. The SMILES string of the molecule is O=c1[nH]c(O)c(Cc2c(-c3ccccc3)[nH]c3ccccc23)s1. The van der Waals surface area contributed by atoms with E-state index >= 15 is 0 Å². The quantitative estimate of drug-likeness (QED) is 0.536. The van der Waals surface area contributed by atoms with Gasteiger partial charge < -0.3 is 10.1 Å². The lowest BCUT2D eigenvalue weighted by molar-refractivity contribution is 0.451. The molecule has 0 fully saturated rings. The Hall–Kier alpha value is -2.79. The van der Waals surface area contributed by atoms with Crippen LogP contribution in [0.5, 0.6) is 5.88 Å². The Morgan fingerprint density at radius 1 is 0.957 bits per heavy atom. The Kier molecular flexibility index (Phi) is 3.28. The molecule has 23 heavy (non-hydrogen) atoms. The van der Waals surface area contributed by atoms with Crippen molar-refractivity contribution in [3.8, 4) is 17.1 Å². The van der Waals surface area contributed by atoms with Gasteiger partial charge in [-0.15, -0.1) is 0 Å². The summed E-state index contributed by atoms with van der Waals surface area (Å²) in [6.45, 7) is 0. The number of hydrogen-bond acceptors (Lipinski definition) is 3. The summed E-state index contributed by atoms with van der Waals surface area (Å²) in [4.78, 5) is 17.8. The van der Waals surface area contributed by atoms with Gasteiger partial charge in [0.1, 0.15) is 0 Å². The first-order valence-electron chi connectivity index (χ1n) is 7.28. The molecule has 4 aromatic rings. The van der Waals surface area contributed by atoms with Crippen LogP contribution in [0.15, 0.2) is 59.4 Å². The zero-order chi connectivity index (χ0) is 15.8. The highest BCUT2D eigenvalue weighted by molar-refractivity contribution is 7.09. The number of benzene rings is 2. The van der Waals surface area contributed by atoms with Crippen LogP contribution in [0.4, 0.5) is 0 Å². The molecular weight excluding hydrogens is 308 g/mol. The maximum Gasteiger partial charge on any atom is 0.307 e. The van der Waals surface area contributed by atoms with Crippen LogP contribution in [0.25, 0.3) is 22.2 Å². The second kappa shape index (κ2) is 5.44. The van der Waals surface area contributed by atoms with Gasteiger partial charge in [0.15, 0.2) is 0 Å². The summed E-state index contributed by atoms with van der Waals surface area (Å²) in [6.07, 6.45) is 0.503. The maximum atomic E-state index is 11.5. The van der Waals surface area contributed by atoms with Crippen molar-refractivity contribution >= 4 is 22.2 Å². The largest absolute Gasteiger partial charge is 0.494 e. The summed E-state index contributed by atoms with van der Waals surface area (Å²) in [5.41, 5.74) is 4.23. The van der Waals surface area contributed by atoms with Crippen molar-refractivity contribution in [2.45, 2.75) is 6.42 Å². The number of hydrogen-bond donors (Lipinski definition) is 3. The van der Waals surface area contributed by atoms with Crippen molar-refractivity contribution in [2.75, 3.05) is 0 Å². The molecule has 0 saturated heterocycles. The van der Waals surface area contributed by atoms with Gasteiger partial charge in [-0.3, -0.25) is 9.78 Å². The molecule has 0 atom stereocenters. The lowest BCUT2D eigenvalue weighted by Gasteiger charge is -2.04. The Bertz CT molecular complexity index is 1030. The molecule has 0 aliphatic heterocycles. The normalized spacial score (nSPS) is 11.1. The van der Waals surface area contributed by atoms with Crippen molar-refractivity contribution < 1.29 is 5.11 Å². The van der Waals surface area contributed by atoms with E-state index in [9.17, 15) is 9.90 Å². The summed E-state index contributed by atoms with van der Waals surface area (Å²) in [7, 11) is 0. The first-order valence-corrected chi connectivity index (χ1v) is 8.10. The summed E-state index contributed by atoms with van der Waals surface area (Å²) in [6, 6.07) is 18.1. The van der Waals surface area contributed by atoms with Crippen molar-refractivity contribution in [2.24, 2.45) is 0 Å². The first kappa shape index (κ1) is 13.8. The molecule has 0 radical (unpaired) electrons. The molecule has 4 nitrogen and oxygen atoms in total. The second-order valence-corrected chi connectivity index (χ2v) is 6.42. The van der Waals surface area contributed by atoms with E-state index in [-0.39, 0.29) is 10.8 Å². The molecule has 0 saturated carbocycles. The number of nitrogens with one attached hydrogen (secondary N) is 2. The van der Waals surface area contributed by atoms with Crippen LogP contribution in [0.1, 0.15) is 10.4 Å². The van der Waals surface area contributed by atoms with Gasteiger partial charge in [-0.25, -0.2) is 0 Å². The van der Waals surface area contributed by atoms with E-state index in [2.05, 4.69) is 16.0 Å². The van der Waals surface area contributed by atoms with Gasteiger partial charge in [-0.05, 0) is 17.2 Å². The third-order valence-corrected chi connectivity index (χ3v) is 4.79. The van der Waals surface area contributed by atoms with Crippen LogP contribution in [0.2, 0.25) is 0 Å². The highest BCUT2D eigenvalue weighted by Gasteiger charge is 2.16. The van der Waals surface area contributed by atoms with Crippen LogP contribution in [0.3, 0.4) is 0 Å². The lowest BCUT2D eigenvalue weighted by atomic mass is 10.0. The Morgan fingerprint density at radius 3 is 2.43 bits per heavy atom. The van der Waals surface area contributed by atoms with E-state index in [4.69, 9.17) is 0 Å². The van der Waals surface area contributed by atoms with Crippen LogP contribution in [-0.4, -0.2) is 15.1 Å². The molecule has 0 bridgehead atoms. The molecular formula is C18H14N2O2S. The number of fused-ring (bicyclic) bond motifs is 1. The van der Waals surface area contributed by atoms with E-state index in [0.29, 0.717) is 11.3 Å². The Balaban J connectivity index is 1.93. The highest BCUT2D eigenvalue weighted by atomic mass is 32.1. The summed E-state index contributed by atoms with van der Waals surface area (Å²) >= 11 is 1.05. The molecule has 0 aliphatic carbocycles. The van der Waals surface area contributed by atoms with Crippen molar-refractivity contribution in [1.29, 1.82) is 0 Å². The summed E-state index contributed by atoms with van der Waals surface area (Å²) in [5.74, 6) is -0.0377. The molecule has 0 aliphatic rings. The molecule has 2 aromatic carbocycles. The van der Waals surface area contributed by atoms with Gasteiger partial charge in [0, 0.05) is 17.3 Å². The third kappa shape index (κ3) is 2.45. The molecule has 114 valence electrons. The fourth-order valence-corrected chi connectivity index (χ4v) is 3.60. The monoisotopic (exact) mass is 322 g/mol. The van der Waals surface area contributed by atoms with Crippen LogP contribution < -0.4 is 4.87 Å². The minimum absolute atomic E-state index is 0.0377. The molecule has 2 aromatic heterocycles. The first-order chi connectivity index (χ1) is 11.2. The Morgan fingerprint density at radius 2 is 1.70 bits per heavy atom. The second-order valence-electron chi connectivity index (χ2n) is 5.35. The molecule has 0 spiro atoms. The summed E-state index contributed by atoms with van der Waals surface area (Å²) < 4.78 is 0. The minimum atomic E-state index is -0.237. The summed E-state index contributed by atoms with van der Waals surface area (Å²) in [5, 5.41) is 11.0. The number of aromatic nitrogens is 2. The van der Waals surface area contributed by atoms with Gasteiger partial charge in [0.2, 0.25) is 5.88 Å². The van der Waals surface area contributed by atoms with Gasteiger partial charge in [-0.2, -0.15) is 0 Å². The molecule has 2 heterocycles. The number of H-pyrrole nitrogens is 2. The van der Waals surface area contributed by atoms with E-state index < -0.39 is 0 Å². The fraction of sp³-hybridized carbons (Fsp3) is 0.0556. The number of para-hydroxylation sites is 1. The average molecular weight is 322 g/mol. The van der Waals surface area contributed by atoms with Gasteiger partial charge in [0.05, 0.1) is 10.6 Å². The topological polar surface area (TPSA) is 68.9 Å². The van der Waals surface area contributed by atoms with Crippen LogP contribution in [0, 0.1) is 0 Å². The van der Waals surface area contributed by atoms with Crippen LogP contribution >= 0.6 is 11.3 Å². The molecule has 5 heteroatoms. The lowest BCUT2D eigenvalue weighted by Crippen LogP contribution is -1.89. The number of aromatic amines is 2. The number of aromatic hydroxyl groups is 1. The third-order valence-electron chi connectivity index (χ3n) is 3.91. The van der Waals surface area contributed by atoms with Crippen molar-refractivity contribution in [1.82, 2.24) is 9.97 Å². The average Bonchev–Trinajstić information content (AvgIpc) is 3.09. The predicted octanol–water partition coefficient (Wildman–Crippen LogP) is 3.88. The zero-order valence-electron chi connectivity index (χ0n) is 12.2. The predicted molar refractivity (Wildman–Crippen MR) is 93.1 cm³/mol. The smallest absolute Gasteiger partial charge is 0.307 e. The number of thiazole rings is 1. The maximum absolute atomic E-state index is 11.5. The minimum Gasteiger partial charge on any atom is -0.494 e. The van der Waals surface area contributed by atoms with E-state index in [1.165, 1.54) is 0 Å². The Labute approximate surface area is 136 Å². The van der Waals surface area contributed by atoms with Gasteiger partial charge in [-0.1, -0.05) is 59.9 Å². The highest BCUT2D eigenvalue weighted by Crippen LogP contribution is 2.33. The van der Waals surface area contributed by atoms with E-state index in [1.54, 1.807) is 0 Å². The number of rotatable bonds is 3. The van der Waals surface area contributed by atoms with Gasteiger partial charge >= 0.3 is 4.87 Å². The fourth-order valence-electron chi connectivity index (χ4n) is 2.87. The van der Waals surface area contributed by atoms with E-state index in [0.717, 1.165) is 39.1 Å². The standard InChI is InChI=1S/C18H14N2O2S/c21-17-15(23-18(22)20-17)10-13-12-8-4-5-9-14(12)19-16(13)11-6-2-1-3-7-11/h1-9,19,21H,10H2,(H,20,22). The molecule has 0 amide bonds. The van der Waals surface area contributed by atoms with Crippen molar-refractivity contribution in [3.05, 3.63) is 74.7 Å². The van der Waals surface area contributed by atoms with Crippen LogP contribution in [-0.2, 0) is 6.42 Å². The zero-order valence-corrected chi connectivity index (χ0v) is 13.0. The molecule has 0 unspecified atom stereocenters. The van der Waals surface area contributed by atoms with E-state index in [1.807, 2.05) is 48.5 Å².